The number of nitrogens with one attached hydrogen (secondary N) is 2. The fourth-order valence-corrected chi connectivity index (χ4v) is 3.15. The second kappa shape index (κ2) is 14.0. The Labute approximate surface area is 169 Å². The van der Waals surface area contributed by atoms with Crippen LogP contribution >= 0.6 is 24.0 Å². The smallest absolute Gasteiger partial charge is 0.191 e. The monoisotopic (exact) mass is 491 g/mol. The van der Waals surface area contributed by atoms with E-state index in [2.05, 4.69) is 15.6 Å². The Balaban J connectivity index is 0.00000576. The average molecular weight is 491 g/mol. The molecule has 1 unspecified atom stereocenters. The molecule has 0 aromatic rings. The molecule has 1 aliphatic heterocycles. The van der Waals surface area contributed by atoms with Gasteiger partial charge in [-0.05, 0) is 39.5 Å². The van der Waals surface area contributed by atoms with E-state index in [-0.39, 0.29) is 35.8 Å². The summed E-state index contributed by atoms with van der Waals surface area (Å²) >= 11 is 0. The van der Waals surface area contributed by atoms with E-state index in [1.54, 1.807) is 0 Å². The predicted octanol–water partition coefficient (Wildman–Crippen LogP) is 1.57. The van der Waals surface area contributed by atoms with Crippen molar-refractivity contribution in [1.29, 1.82) is 0 Å². The lowest BCUT2D eigenvalue weighted by atomic mass is 10.1. The Hall–Kier alpha value is -0.130. The van der Waals surface area contributed by atoms with E-state index in [4.69, 9.17) is 9.47 Å². The Bertz CT molecular complexity index is 468. The molecular formula is C16H34IN3O4S. The summed E-state index contributed by atoms with van der Waals surface area (Å²) in [5, 5.41) is 6.43. The lowest BCUT2D eigenvalue weighted by molar-refractivity contribution is -0.0318. The van der Waals surface area contributed by atoms with E-state index in [9.17, 15) is 8.42 Å². The van der Waals surface area contributed by atoms with Gasteiger partial charge in [-0.25, -0.2) is 8.42 Å². The normalized spacial score (nSPS) is 17.6. The molecule has 1 rings (SSSR count). The number of guanidine groups is 1. The second-order valence-electron chi connectivity index (χ2n) is 6.26. The van der Waals surface area contributed by atoms with Crippen LogP contribution in [0.4, 0.5) is 0 Å². The summed E-state index contributed by atoms with van der Waals surface area (Å²) in [5.41, 5.74) is 0. The summed E-state index contributed by atoms with van der Waals surface area (Å²) in [6.07, 6.45) is 4.97. The topological polar surface area (TPSA) is 89.0 Å². The first kappa shape index (κ1) is 24.9. The molecule has 2 N–H and O–H groups in total. The molecule has 0 spiro atoms. The standard InChI is InChI=1S/C16H33N3O4S.HI/c1-4-17-16(19-14(2)8-13-24(3,20)21)18-9-5-10-23-15-6-11-22-12-7-15;/h14-15H,4-13H2,1-3H3,(H2,17,18,19);1H. The minimum absolute atomic E-state index is 0. The van der Waals surface area contributed by atoms with E-state index in [1.807, 2.05) is 13.8 Å². The van der Waals surface area contributed by atoms with Gasteiger partial charge in [-0.2, -0.15) is 0 Å². The van der Waals surface area contributed by atoms with Gasteiger partial charge in [0.25, 0.3) is 0 Å². The zero-order valence-electron chi connectivity index (χ0n) is 15.6. The Morgan fingerprint density at radius 2 is 2.04 bits per heavy atom. The van der Waals surface area contributed by atoms with Crippen LogP contribution in [0.1, 0.15) is 39.5 Å². The number of ether oxygens (including phenoxy) is 2. The van der Waals surface area contributed by atoms with Crippen LogP contribution in [-0.2, 0) is 19.3 Å². The third-order valence-corrected chi connectivity index (χ3v) is 4.72. The summed E-state index contributed by atoms with van der Waals surface area (Å²) < 4.78 is 33.6. The van der Waals surface area contributed by atoms with Crippen LogP contribution in [-0.4, -0.2) is 71.4 Å². The Kier molecular flexibility index (Phi) is 13.9. The summed E-state index contributed by atoms with van der Waals surface area (Å²) in [4.78, 5) is 4.52. The largest absolute Gasteiger partial charge is 0.381 e. The van der Waals surface area contributed by atoms with Gasteiger partial charge in [0.05, 0.1) is 11.9 Å². The number of rotatable bonds is 10. The van der Waals surface area contributed by atoms with Crippen molar-refractivity contribution in [2.45, 2.75) is 51.7 Å². The molecule has 0 aromatic carbocycles. The molecule has 150 valence electrons. The Morgan fingerprint density at radius 1 is 1.36 bits per heavy atom. The molecular weight excluding hydrogens is 457 g/mol. The number of halogens is 1. The van der Waals surface area contributed by atoms with Crippen LogP contribution in [0.5, 0.6) is 0 Å². The van der Waals surface area contributed by atoms with Crippen LogP contribution < -0.4 is 10.6 Å². The molecule has 1 saturated heterocycles. The van der Waals surface area contributed by atoms with Crippen molar-refractivity contribution in [3.8, 4) is 0 Å². The first-order valence-electron chi connectivity index (χ1n) is 8.82. The third kappa shape index (κ3) is 13.7. The lowest BCUT2D eigenvalue weighted by Gasteiger charge is -2.22. The molecule has 1 aliphatic rings. The van der Waals surface area contributed by atoms with Gasteiger partial charge in [0, 0.05) is 45.2 Å². The molecule has 0 radical (unpaired) electrons. The summed E-state index contributed by atoms with van der Waals surface area (Å²) in [5.74, 6) is 0.907. The fraction of sp³-hybridized carbons (Fsp3) is 0.938. The van der Waals surface area contributed by atoms with E-state index in [0.717, 1.165) is 45.0 Å². The molecule has 0 bridgehead atoms. The van der Waals surface area contributed by atoms with Crippen LogP contribution in [0.2, 0.25) is 0 Å². The highest BCUT2D eigenvalue weighted by atomic mass is 127. The zero-order valence-corrected chi connectivity index (χ0v) is 18.8. The first-order chi connectivity index (χ1) is 11.4. The predicted molar refractivity (Wildman–Crippen MR) is 113 cm³/mol. The SMILES string of the molecule is CCNC(=NCCCOC1CCOCC1)NC(C)CCS(C)(=O)=O.I. The molecule has 0 amide bonds. The molecule has 1 atom stereocenters. The maximum atomic E-state index is 11.2. The van der Waals surface area contributed by atoms with E-state index < -0.39 is 9.84 Å². The van der Waals surface area contributed by atoms with Gasteiger partial charge < -0.3 is 20.1 Å². The van der Waals surface area contributed by atoms with Gasteiger partial charge >= 0.3 is 0 Å². The van der Waals surface area contributed by atoms with Gasteiger partial charge in [-0.15, -0.1) is 24.0 Å². The average Bonchev–Trinajstić information content (AvgIpc) is 2.53. The van der Waals surface area contributed by atoms with Gasteiger partial charge in [-0.3, -0.25) is 4.99 Å². The molecule has 0 aliphatic carbocycles. The minimum Gasteiger partial charge on any atom is -0.381 e. The van der Waals surface area contributed by atoms with Crippen LogP contribution in [0, 0.1) is 0 Å². The molecule has 0 saturated carbocycles. The highest BCUT2D eigenvalue weighted by Crippen LogP contribution is 2.10. The van der Waals surface area contributed by atoms with Crippen molar-refractivity contribution in [3.05, 3.63) is 0 Å². The summed E-state index contributed by atoms with van der Waals surface area (Å²) in [7, 11) is -2.93. The maximum Gasteiger partial charge on any atom is 0.191 e. The van der Waals surface area contributed by atoms with E-state index in [1.165, 1.54) is 6.26 Å². The first-order valence-corrected chi connectivity index (χ1v) is 10.9. The van der Waals surface area contributed by atoms with Gasteiger partial charge in [-0.1, -0.05) is 0 Å². The summed E-state index contributed by atoms with van der Waals surface area (Å²) in [6.45, 7) is 7.71. The maximum absolute atomic E-state index is 11.2. The van der Waals surface area contributed by atoms with Crippen molar-refractivity contribution in [2.75, 3.05) is 44.9 Å². The van der Waals surface area contributed by atoms with Crippen molar-refractivity contribution < 1.29 is 17.9 Å². The van der Waals surface area contributed by atoms with Gasteiger partial charge in [0.2, 0.25) is 0 Å². The van der Waals surface area contributed by atoms with Gasteiger partial charge in [0.15, 0.2) is 5.96 Å². The minimum atomic E-state index is -2.93. The van der Waals surface area contributed by atoms with E-state index in [0.29, 0.717) is 25.7 Å². The van der Waals surface area contributed by atoms with Crippen molar-refractivity contribution in [1.82, 2.24) is 10.6 Å². The number of nitrogens with zero attached hydrogens (tertiary/aromatic N) is 1. The Morgan fingerprint density at radius 3 is 2.64 bits per heavy atom. The number of sulfone groups is 1. The molecule has 25 heavy (non-hydrogen) atoms. The summed E-state index contributed by atoms with van der Waals surface area (Å²) in [6, 6.07) is 0.0519. The molecule has 0 aromatic heterocycles. The molecule has 9 heteroatoms. The quantitative estimate of drug-likeness (QED) is 0.209. The van der Waals surface area contributed by atoms with Gasteiger partial charge in [0.1, 0.15) is 9.84 Å². The van der Waals surface area contributed by atoms with Crippen molar-refractivity contribution in [2.24, 2.45) is 4.99 Å². The third-order valence-electron chi connectivity index (χ3n) is 3.74. The number of aliphatic imine (C=N–C) groups is 1. The zero-order chi connectivity index (χ0) is 17.8. The fourth-order valence-electron chi connectivity index (χ4n) is 2.36. The lowest BCUT2D eigenvalue weighted by Crippen LogP contribution is -2.43. The number of hydrogen-bond acceptors (Lipinski definition) is 5. The highest BCUT2D eigenvalue weighted by Gasteiger charge is 2.13. The van der Waals surface area contributed by atoms with Crippen molar-refractivity contribution >= 4 is 39.8 Å². The molecule has 1 fully saturated rings. The van der Waals surface area contributed by atoms with Crippen LogP contribution in [0.15, 0.2) is 4.99 Å². The highest BCUT2D eigenvalue weighted by molar-refractivity contribution is 14.0. The van der Waals surface area contributed by atoms with Crippen LogP contribution in [0.25, 0.3) is 0 Å². The number of hydrogen-bond donors (Lipinski definition) is 2. The second-order valence-corrected chi connectivity index (χ2v) is 8.52. The van der Waals surface area contributed by atoms with E-state index >= 15 is 0 Å². The van der Waals surface area contributed by atoms with Crippen molar-refractivity contribution in [3.63, 3.8) is 0 Å². The van der Waals surface area contributed by atoms with Crippen LogP contribution in [0.3, 0.4) is 0 Å². The molecule has 1 heterocycles. The molecule has 7 nitrogen and oxygen atoms in total.